The standard InChI is InChI=1S/C26H32N2O6/c29-21(17-32-22-4-2-1-3-5-22)14-27-10-11-31-23(15-27)16-28(13-19-6-7-19)26(30)20-8-9-24-25(12-20)34-18-33-24/h1-5,8-9,12,19,21,23,29H,6-7,10-11,13-18H2/t21-,23+/m1/s1. The maximum Gasteiger partial charge on any atom is 0.254 e. The third-order valence-corrected chi connectivity index (χ3v) is 6.38. The van der Waals surface area contributed by atoms with Crippen LogP contribution in [-0.4, -0.2) is 85.8 Å². The van der Waals surface area contributed by atoms with Gasteiger partial charge >= 0.3 is 0 Å². The van der Waals surface area contributed by atoms with Gasteiger partial charge in [0, 0.05) is 38.3 Å². The molecule has 1 N–H and O–H groups in total. The number of aliphatic hydroxyl groups is 1. The summed E-state index contributed by atoms with van der Waals surface area (Å²) in [5.74, 6) is 2.59. The molecule has 0 aromatic heterocycles. The number of rotatable bonds is 10. The van der Waals surface area contributed by atoms with E-state index in [1.54, 1.807) is 18.2 Å². The number of β-amino-alcohol motifs (C(OH)–C–C–N with tert-alkyl or cyclic N) is 1. The van der Waals surface area contributed by atoms with Crippen LogP contribution in [-0.2, 0) is 4.74 Å². The molecule has 34 heavy (non-hydrogen) atoms. The number of hydrogen-bond acceptors (Lipinski definition) is 7. The van der Waals surface area contributed by atoms with Crippen LogP contribution in [0.4, 0.5) is 0 Å². The molecule has 2 aliphatic heterocycles. The predicted molar refractivity (Wildman–Crippen MR) is 125 cm³/mol. The molecule has 2 aromatic carbocycles. The van der Waals surface area contributed by atoms with E-state index in [0.717, 1.165) is 31.7 Å². The first kappa shape index (κ1) is 23.0. The first-order chi connectivity index (χ1) is 16.6. The lowest BCUT2D eigenvalue weighted by Gasteiger charge is -2.36. The quantitative estimate of drug-likeness (QED) is 0.574. The largest absolute Gasteiger partial charge is 0.491 e. The summed E-state index contributed by atoms with van der Waals surface area (Å²) in [6.45, 7) is 4.18. The predicted octanol–water partition coefficient (Wildman–Crippen LogP) is 2.41. The molecule has 0 unspecified atom stereocenters. The summed E-state index contributed by atoms with van der Waals surface area (Å²) in [7, 11) is 0. The Morgan fingerprint density at radius 2 is 1.94 bits per heavy atom. The Balaban J connectivity index is 1.16. The maximum atomic E-state index is 13.4. The van der Waals surface area contributed by atoms with Crippen LogP contribution >= 0.6 is 0 Å². The molecule has 0 bridgehead atoms. The molecule has 2 heterocycles. The summed E-state index contributed by atoms with van der Waals surface area (Å²) in [6.07, 6.45) is 1.62. The van der Waals surface area contributed by atoms with Crippen LogP contribution in [0.2, 0.25) is 0 Å². The zero-order valence-electron chi connectivity index (χ0n) is 19.3. The van der Waals surface area contributed by atoms with Gasteiger partial charge in [-0.25, -0.2) is 0 Å². The van der Waals surface area contributed by atoms with Gasteiger partial charge in [-0.15, -0.1) is 0 Å². The molecule has 2 aromatic rings. The Labute approximate surface area is 200 Å². The van der Waals surface area contributed by atoms with E-state index in [2.05, 4.69) is 4.90 Å². The van der Waals surface area contributed by atoms with Crippen molar-refractivity contribution in [3.05, 3.63) is 54.1 Å². The highest BCUT2D eigenvalue weighted by Crippen LogP contribution is 2.34. The van der Waals surface area contributed by atoms with Crippen molar-refractivity contribution in [2.45, 2.75) is 25.0 Å². The molecule has 2 fully saturated rings. The molecule has 1 aliphatic carbocycles. The second kappa shape index (κ2) is 10.6. The number of nitrogens with zero attached hydrogens (tertiary/aromatic N) is 2. The van der Waals surface area contributed by atoms with Crippen LogP contribution in [0.5, 0.6) is 17.2 Å². The highest BCUT2D eigenvalue weighted by Gasteiger charge is 2.31. The number of morpholine rings is 1. The Morgan fingerprint density at radius 3 is 2.76 bits per heavy atom. The topological polar surface area (TPSA) is 80.7 Å². The summed E-state index contributed by atoms with van der Waals surface area (Å²) >= 11 is 0. The first-order valence-corrected chi connectivity index (χ1v) is 12.0. The van der Waals surface area contributed by atoms with Gasteiger partial charge in [-0.3, -0.25) is 9.69 Å². The Bertz CT molecular complexity index is 967. The van der Waals surface area contributed by atoms with E-state index in [0.29, 0.717) is 49.2 Å². The smallest absolute Gasteiger partial charge is 0.254 e. The van der Waals surface area contributed by atoms with E-state index in [1.807, 2.05) is 35.2 Å². The third-order valence-electron chi connectivity index (χ3n) is 6.38. The fourth-order valence-corrected chi connectivity index (χ4v) is 4.43. The molecule has 1 saturated heterocycles. The van der Waals surface area contributed by atoms with Crippen molar-refractivity contribution in [2.24, 2.45) is 5.92 Å². The van der Waals surface area contributed by atoms with Gasteiger partial charge in [0.1, 0.15) is 18.5 Å². The van der Waals surface area contributed by atoms with Gasteiger partial charge in [0.25, 0.3) is 5.91 Å². The van der Waals surface area contributed by atoms with Crippen molar-refractivity contribution in [1.29, 1.82) is 0 Å². The van der Waals surface area contributed by atoms with Crippen molar-refractivity contribution in [2.75, 3.05) is 52.7 Å². The van der Waals surface area contributed by atoms with E-state index >= 15 is 0 Å². The van der Waals surface area contributed by atoms with Crippen LogP contribution in [0.25, 0.3) is 0 Å². The number of benzene rings is 2. The zero-order chi connectivity index (χ0) is 23.3. The van der Waals surface area contributed by atoms with E-state index in [4.69, 9.17) is 18.9 Å². The highest BCUT2D eigenvalue weighted by molar-refractivity contribution is 5.95. The van der Waals surface area contributed by atoms with Crippen LogP contribution in [0.15, 0.2) is 48.5 Å². The normalized spacial score (nSPS) is 20.7. The Kier molecular flexibility index (Phi) is 7.18. The van der Waals surface area contributed by atoms with Crippen molar-refractivity contribution < 1.29 is 28.8 Å². The number of carbonyl (C=O) groups excluding carboxylic acids is 1. The Hall–Kier alpha value is -2.81. The molecule has 182 valence electrons. The lowest BCUT2D eigenvalue weighted by molar-refractivity contribution is -0.0538. The van der Waals surface area contributed by atoms with Crippen LogP contribution in [0.3, 0.4) is 0 Å². The number of fused-ring (bicyclic) bond motifs is 1. The second-order valence-corrected chi connectivity index (χ2v) is 9.25. The van der Waals surface area contributed by atoms with Crippen LogP contribution < -0.4 is 14.2 Å². The van der Waals surface area contributed by atoms with Crippen LogP contribution in [0.1, 0.15) is 23.2 Å². The van der Waals surface area contributed by atoms with Gasteiger partial charge in [-0.2, -0.15) is 0 Å². The summed E-state index contributed by atoms with van der Waals surface area (Å²) in [5.41, 5.74) is 0.603. The van der Waals surface area contributed by atoms with E-state index < -0.39 is 6.10 Å². The molecule has 3 aliphatic rings. The summed E-state index contributed by atoms with van der Waals surface area (Å²) in [6, 6.07) is 14.9. The molecule has 1 saturated carbocycles. The molecule has 5 rings (SSSR count). The lowest BCUT2D eigenvalue weighted by Crippen LogP contribution is -2.51. The van der Waals surface area contributed by atoms with E-state index in [-0.39, 0.29) is 25.4 Å². The lowest BCUT2D eigenvalue weighted by atomic mass is 10.1. The van der Waals surface area contributed by atoms with Gasteiger partial charge < -0.3 is 29.0 Å². The minimum absolute atomic E-state index is 0.0118. The summed E-state index contributed by atoms with van der Waals surface area (Å²) in [4.78, 5) is 17.5. The van der Waals surface area contributed by atoms with E-state index in [1.165, 1.54) is 0 Å². The van der Waals surface area contributed by atoms with E-state index in [9.17, 15) is 9.90 Å². The molecular weight excluding hydrogens is 436 g/mol. The number of para-hydroxylation sites is 1. The molecular formula is C26H32N2O6. The summed E-state index contributed by atoms with van der Waals surface area (Å²) < 4.78 is 22.5. The van der Waals surface area contributed by atoms with Crippen LogP contribution in [0, 0.1) is 5.92 Å². The second-order valence-electron chi connectivity index (χ2n) is 9.25. The number of carbonyl (C=O) groups is 1. The minimum atomic E-state index is -0.600. The average Bonchev–Trinajstić information content (AvgIpc) is 3.55. The highest BCUT2D eigenvalue weighted by atomic mass is 16.7. The molecule has 8 nitrogen and oxygen atoms in total. The number of ether oxygens (including phenoxy) is 4. The van der Waals surface area contributed by atoms with Crippen molar-refractivity contribution >= 4 is 5.91 Å². The van der Waals surface area contributed by atoms with Gasteiger partial charge in [0.05, 0.1) is 12.7 Å². The average molecular weight is 469 g/mol. The molecule has 8 heteroatoms. The van der Waals surface area contributed by atoms with Crippen molar-refractivity contribution in [1.82, 2.24) is 9.80 Å². The fraction of sp³-hybridized carbons (Fsp3) is 0.500. The van der Waals surface area contributed by atoms with Crippen molar-refractivity contribution in [3.63, 3.8) is 0 Å². The SMILES string of the molecule is O=C(c1ccc2c(c1)OCO2)N(CC1CC1)C[C@@H]1CN(C[C@@H](O)COc2ccccc2)CCO1. The molecule has 0 radical (unpaired) electrons. The van der Waals surface area contributed by atoms with Crippen molar-refractivity contribution in [3.8, 4) is 17.2 Å². The van der Waals surface area contributed by atoms with Gasteiger partial charge in [-0.1, -0.05) is 18.2 Å². The molecule has 0 spiro atoms. The molecule has 2 atom stereocenters. The number of amides is 1. The number of aliphatic hydroxyl groups excluding tert-OH is 1. The molecule has 1 amide bonds. The van der Waals surface area contributed by atoms with Gasteiger partial charge in [0.15, 0.2) is 11.5 Å². The monoisotopic (exact) mass is 468 g/mol. The zero-order valence-corrected chi connectivity index (χ0v) is 19.3. The maximum absolute atomic E-state index is 13.4. The fourth-order valence-electron chi connectivity index (χ4n) is 4.43. The van der Waals surface area contributed by atoms with Gasteiger partial charge in [0.2, 0.25) is 6.79 Å². The first-order valence-electron chi connectivity index (χ1n) is 12.0. The Morgan fingerprint density at radius 1 is 1.12 bits per heavy atom. The summed E-state index contributed by atoms with van der Waals surface area (Å²) in [5, 5.41) is 10.5. The number of hydrogen-bond donors (Lipinski definition) is 1. The third kappa shape index (κ3) is 6.00. The minimum Gasteiger partial charge on any atom is -0.491 e. The van der Waals surface area contributed by atoms with Gasteiger partial charge in [-0.05, 0) is 49.1 Å².